The van der Waals surface area contributed by atoms with E-state index in [1.165, 1.54) is 35.7 Å². The molecule has 0 saturated carbocycles. The van der Waals surface area contributed by atoms with Gasteiger partial charge in [-0.05, 0) is 12.5 Å². The Bertz CT molecular complexity index is 1680. The fourth-order valence-electron chi connectivity index (χ4n) is 4.46. The van der Waals surface area contributed by atoms with Gasteiger partial charge in [0.2, 0.25) is 5.91 Å². The van der Waals surface area contributed by atoms with E-state index in [1.807, 2.05) is 0 Å². The van der Waals surface area contributed by atoms with Crippen molar-refractivity contribution in [2.24, 2.45) is 14.1 Å². The highest BCUT2D eigenvalue weighted by atomic mass is 19.4. The Morgan fingerprint density at radius 1 is 1.07 bits per heavy atom. The molecule has 3 N–H and O–H groups in total. The lowest BCUT2D eigenvalue weighted by molar-refractivity contribution is -0.284. The Morgan fingerprint density at radius 3 is 2.45 bits per heavy atom. The standard InChI is InChI=1S/C23H21F5N10O2/c1-21(12(39)6-10-7-30-37(2)9-10)14-16(29)34-18(35-17(14)36-20(21)40)15-11-8-31-38(3)19(11)33-13(32-15)4-5-22(24,25)23(26,27)28/h7-9H,4-6H2,1-3H3,(H3,29,34,35,36,40). The molecule has 0 aliphatic carbocycles. The predicted octanol–water partition coefficient (Wildman–Crippen LogP) is 2.29. The monoisotopic (exact) mass is 564 g/mol. The molecule has 17 heteroatoms. The number of hydrogen-bond donors (Lipinski definition) is 2. The zero-order valence-corrected chi connectivity index (χ0v) is 21.2. The second kappa shape index (κ2) is 8.99. The van der Waals surface area contributed by atoms with Gasteiger partial charge in [0.05, 0.1) is 23.3 Å². The molecule has 1 aliphatic heterocycles. The molecule has 210 valence electrons. The molecule has 1 unspecified atom stereocenters. The third kappa shape index (κ3) is 4.30. The molecule has 0 saturated heterocycles. The van der Waals surface area contributed by atoms with Crippen LogP contribution in [0.2, 0.25) is 0 Å². The predicted molar refractivity (Wildman–Crippen MR) is 129 cm³/mol. The van der Waals surface area contributed by atoms with Crippen molar-refractivity contribution >= 4 is 34.4 Å². The lowest BCUT2D eigenvalue weighted by Crippen LogP contribution is -2.41. The second-order valence-corrected chi connectivity index (χ2v) is 9.55. The Kier molecular flexibility index (Phi) is 6.07. The van der Waals surface area contributed by atoms with Crippen LogP contribution >= 0.6 is 0 Å². The van der Waals surface area contributed by atoms with Gasteiger partial charge in [0, 0.05) is 39.6 Å². The first-order valence-electron chi connectivity index (χ1n) is 11.8. The summed E-state index contributed by atoms with van der Waals surface area (Å²) in [6, 6.07) is 0. The molecule has 0 radical (unpaired) electrons. The van der Waals surface area contributed by atoms with E-state index in [9.17, 15) is 31.5 Å². The smallest absolute Gasteiger partial charge is 0.383 e. The summed E-state index contributed by atoms with van der Waals surface area (Å²) in [5.41, 5.74) is 5.21. The molecule has 4 aromatic rings. The number of nitrogens with zero attached hydrogens (tertiary/aromatic N) is 8. The molecule has 4 aromatic heterocycles. The molecule has 1 atom stereocenters. The van der Waals surface area contributed by atoms with Gasteiger partial charge in [0.25, 0.3) is 0 Å². The van der Waals surface area contributed by atoms with E-state index in [1.54, 1.807) is 13.2 Å². The number of amides is 1. The minimum atomic E-state index is -5.73. The van der Waals surface area contributed by atoms with Gasteiger partial charge in [0.15, 0.2) is 17.3 Å². The number of nitrogens with one attached hydrogen (secondary N) is 1. The minimum Gasteiger partial charge on any atom is -0.383 e. The number of carbonyl (C=O) groups is 2. The Hall–Kier alpha value is -4.57. The van der Waals surface area contributed by atoms with Crippen LogP contribution in [0, 0.1) is 0 Å². The highest BCUT2D eigenvalue weighted by Crippen LogP contribution is 2.42. The molecule has 0 bridgehead atoms. The normalized spacial score (nSPS) is 17.4. The first kappa shape index (κ1) is 27.0. The maximum absolute atomic E-state index is 13.6. The molecular formula is C23H21F5N10O2. The Balaban J connectivity index is 1.55. The van der Waals surface area contributed by atoms with Crippen molar-refractivity contribution in [1.29, 1.82) is 0 Å². The van der Waals surface area contributed by atoms with Gasteiger partial charge in [-0.25, -0.2) is 19.9 Å². The second-order valence-electron chi connectivity index (χ2n) is 9.55. The van der Waals surface area contributed by atoms with Gasteiger partial charge in [-0.2, -0.15) is 32.1 Å². The third-order valence-corrected chi connectivity index (χ3v) is 6.73. The van der Waals surface area contributed by atoms with Crippen molar-refractivity contribution in [2.75, 3.05) is 11.1 Å². The molecule has 40 heavy (non-hydrogen) atoms. The number of nitrogen functional groups attached to an aromatic ring is 1. The van der Waals surface area contributed by atoms with Crippen molar-refractivity contribution in [3.63, 3.8) is 0 Å². The van der Waals surface area contributed by atoms with Crippen molar-refractivity contribution < 1.29 is 31.5 Å². The quantitative estimate of drug-likeness (QED) is 0.254. The molecule has 0 fully saturated rings. The largest absolute Gasteiger partial charge is 0.453 e. The fraction of sp³-hybridized carbons (Fsp3) is 0.391. The fourth-order valence-corrected chi connectivity index (χ4v) is 4.46. The number of rotatable bonds is 7. The molecule has 5 heterocycles. The van der Waals surface area contributed by atoms with Crippen LogP contribution in [-0.4, -0.2) is 63.3 Å². The molecule has 12 nitrogen and oxygen atoms in total. The number of hydrogen-bond acceptors (Lipinski definition) is 9. The molecule has 5 rings (SSSR count). The lowest BCUT2D eigenvalue weighted by atomic mass is 9.78. The van der Waals surface area contributed by atoms with Crippen LogP contribution in [0.3, 0.4) is 0 Å². The minimum absolute atomic E-state index is 0.0525. The molecule has 0 aromatic carbocycles. The van der Waals surface area contributed by atoms with Crippen molar-refractivity contribution in [2.45, 2.75) is 43.7 Å². The topological polar surface area (TPSA) is 159 Å². The number of fused-ring (bicyclic) bond motifs is 2. The van der Waals surface area contributed by atoms with E-state index < -0.39 is 42.0 Å². The molecular weight excluding hydrogens is 543 g/mol. The first-order chi connectivity index (χ1) is 18.6. The number of Topliss-reactive ketones (excluding diaryl/α,β-unsaturated/α-hetero) is 1. The van der Waals surface area contributed by atoms with Crippen LogP contribution in [0.4, 0.5) is 33.6 Å². The van der Waals surface area contributed by atoms with E-state index in [0.29, 0.717) is 5.56 Å². The van der Waals surface area contributed by atoms with E-state index in [-0.39, 0.29) is 52.0 Å². The summed E-state index contributed by atoms with van der Waals surface area (Å²) in [5.74, 6) is -6.91. The average Bonchev–Trinajstić information content (AvgIpc) is 3.52. The highest BCUT2D eigenvalue weighted by Gasteiger charge is 2.56. The van der Waals surface area contributed by atoms with Gasteiger partial charge >= 0.3 is 12.1 Å². The summed E-state index contributed by atoms with van der Waals surface area (Å²) in [4.78, 5) is 43.1. The molecule has 1 aliphatic rings. The van der Waals surface area contributed by atoms with Crippen LogP contribution < -0.4 is 11.1 Å². The highest BCUT2D eigenvalue weighted by molar-refractivity contribution is 6.21. The van der Waals surface area contributed by atoms with E-state index in [2.05, 4.69) is 35.5 Å². The number of anilines is 2. The number of halogens is 5. The molecule has 1 amide bonds. The number of nitrogens with two attached hydrogens (primary N) is 1. The van der Waals surface area contributed by atoms with Gasteiger partial charge in [-0.3, -0.25) is 19.0 Å². The number of carbonyl (C=O) groups excluding carboxylic acids is 2. The van der Waals surface area contributed by atoms with E-state index in [0.717, 1.165) is 0 Å². The zero-order valence-electron chi connectivity index (χ0n) is 21.2. The summed E-state index contributed by atoms with van der Waals surface area (Å²) in [5, 5.41) is 10.9. The summed E-state index contributed by atoms with van der Waals surface area (Å²) >= 11 is 0. The molecule has 0 spiro atoms. The van der Waals surface area contributed by atoms with Gasteiger partial charge in [-0.1, -0.05) is 0 Å². The van der Waals surface area contributed by atoms with Crippen molar-refractivity contribution in [3.8, 4) is 11.5 Å². The third-order valence-electron chi connectivity index (χ3n) is 6.73. The van der Waals surface area contributed by atoms with Crippen LogP contribution in [-0.2, 0) is 41.9 Å². The van der Waals surface area contributed by atoms with Crippen LogP contribution in [0.1, 0.15) is 30.3 Å². The van der Waals surface area contributed by atoms with Crippen LogP contribution in [0.5, 0.6) is 0 Å². The Morgan fingerprint density at radius 2 is 1.80 bits per heavy atom. The number of alkyl halides is 5. The van der Waals surface area contributed by atoms with E-state index >= 15 is 0 Å². The van der Waals surface area contributed by atoms with Crippen molar-refractivity contribution in [1.82, 2.24) is 39.5 Å². The summed E-state index contributed by atoms with van der Waals surface area (Å²) in [6.07, 6.45) is -3.79. The maximum atomic E-state index is 13.6. The summed E-state index contributed by atoms with van der Waals surface area (Å²) in [6.45, 7) is 1.40. The zero-order chi connectivity index (χ0) is 29.2. The van der Waals surface area contributed by atoms with Crippen LogP contribution in [0.25, 0.3) is 22.6 Å². The van der Waals surface area contributed by atoms with Gasteiger partial charge in [0.1, 0.15) is 28.6 Å². The SMILES string of the molecule is Cn1cc(CC(=O)C2(C)C(=O)Nc3nc(-c4nc(CCC(F)(F)C(F)(F)F)nc5c4cnn5C)nc(N)c32)cn1. The Labute approximate surface area is 221 Å². The number of aromatic nitrogens is 8. The maximum Gasteiger partial charge on any atom is 0.453 e. The number of aryl methyl sites for hydroxylation is 3. The summed E-state index contributed by atoms with van der Waals surface area (Å²) in [7, 11) is 3.17. The van der Waals surface area contributed by atoms with Gasteiger partial charge < -0.3 is 11.1 Å². The first-order valence-corrected chi connectivity index (χ1v) is 11.8. The number of ketones is 1. The summed E-state index contributed by atoms with van der Waals surface area (Å²) < 4.78 is 68.0. The lowest BCUT2D eigenvalue weighted by Gasteiger charge is -2.21. The van der Waals surface area contributed by atoms with Crippen LogP contribution in [0.15, 0.2) is 18.6 Å². The average molecular weight is 564 g/mol. The van der Waals surface area contributed by atoms with Gasteiger partial charge in [-0.15, -0.1) is 0 Å². The van der Waals surface area contributed by atoms with E-state index in [4.69, 9.17) is 5.73 Å². The van der Waals surface area contributed by atoms with Crippen molar-refractivity contribution in [3.05, 3.63) is 35.5 Å².